The number of carboxylic acids is 1. The summed E-state index contributed by atoms with van der Waals surface area (Å²) in [6.45, 7) is 5.95. The molecule has 7 nitrogen and oxygen atoms in total. The summed E-state index contributed by atoms with van der Waals surface area (Å²) in [5.41, 5.74) is 0. The first-order chi connectivity index (χ1) is 9.27. The number of amides is 2. The summed E-state index contributed by atoms with van der Waals surface area (Å²) >= 11 is 0. The lowest BCUT2D eigenvalue weighted by atomic mass is 10.3. The smallest absolute Gasteiger partial charge is 0.317 e. The maximum absolute atomic E-state index is 12.0. The van der Waals surface area contributed by atoms with Crippen LogP contribution in [0.25, 0.3) is 0 Å². The third-order valence-electron chi connectivity index (χ3n) is 2.79. The van der Waals surface area contributed by atoms with E-state index in [0.29, 0.717) is 6.54 Å². The van der Waals surface area contributed by atoms with E-state index in [9.17, 15) is 14.4 Å². The van der Waals surface area contributed by atoms with E-state index in [1.165, 1.54) is 11.9 Å². The van der Waals surface area contributed by atoms with E-state index in [1.54, 1.807) is 4.90 Å². The Morgan fingerprint density at radius 2 is 1.75 bits per heavy atom. The normalized spacial score (nSPS) is 10.7. The maximum atomic E-state index is 12.0. The van der Waals surface area contributed by atoms with Crippen molar-refractivity contribution in [2.24, 2.45) is 0 Å². The van der Waals surface area contributed by atoms with Crippen molar-refractivity contribution in [3.05, 3.63) is 0 Å². The molecule has 0 aromatic rings. The molecule has 7 heteroatoms. The largest absolute Gasteiger partial charge is 0.480 e. The molecule has 0 aromatic heterocycles. The van der Waals surface area contributed by atoms with Crippen LogP contribution in [-0.2, 0) is 14.4 Å². The molecule has 116 valence electrons. The van der Waals surface area contributed by atoms with E-state index in [2.05, 4.69) is 5.32 Å². The fraction of sp³-hybridized carbons (Fsp3) is 0.769. The highest BCUT2D eigenvalue weighted by Gasteiger charge is 2.20. The van der Waals surface area contributed by atoms with Gasteiger partial charge in [0, 0.05) is 19.6 Å². The average molecular weight is 287 g/mol. The predicted octanol–water partition coefficient (Wildman–Crippen LogP) is -0.234. The van der Waals surface area contributed by atoms with E-state index >= 15 is 0 Å². The van der Waals surface area contributed by atoms with Crippen LogP contribution in [0.3, 0.4) is 0 Å². The second-order valence-corrected chi connectivity index (χ2v) is 4.99. The quantitative estimate of drug-likeness (QED) is 0.611. The fourth-order valence-corrected chi connectivity index (χ4v) is 1.51. The number of likely N-dealkylation sites (N-methyl/N-ethyl adjacent to an activating group) is 1. The molecule has 0 aliphatic heterocycles. The number of nitrogens with one attached hydrogen (secondary N) is 1. The Morgan fingerprint density at radius 3 is 2.20 bits per heavy atom. The Hall–Kier alpha value is -1.63. The molecule has 0 saturated carbocycles. The molecule has 0 aliphatic rings. The van der Waals surface area contributed by atoms with Gasteiger partial charge < -0.3 is 15.3 Å². The highest BCUT2D eigenvalue weighted by molar-refractivity contribution is 5.85. The molecule has 0 aromatic carbocycles. The maximum Gasteiger partial charge on any atom is 0.317 e. The first-order valence-corrected chi connectivity index (χ1v) is 6.74. The average Bonchev–Trinajstić information content (AvgIpc) is 2.34. The van der Waals surface area contributed by atoms with Crippen molar-refractivity contribution in [1.82, 2.24) is 15.1 Å². The van der Waals surface area contributed by atoms with Gasteiger partial charge >= 0.3 is 5.97 Å². The predicted molar refractivity (Wildman–Crippen MR) is 75.3 cm³/mol. The topological polar surface area (TPSA) is 90.0 Å². The van der Waals surface area contributed by atoms with Gasteiger partial charge in [-0.05, 0) is 20.3 Å². The number of rotatable bonds is 9. The Balaban J connectivity index is 4.34. The first kappa shape index (κ1) is 18.4. The minimum atomic E-state index is -0.977. The highest BCUT2D eigenvalue weighted by atomic mass is 16.4. The van der Waals surface area contributed by atoms with Crippen LogP contribution < -0.4 is 5.32 Å². The van der Waals surface area contributed by atoms with Gasteiger partial charge in [0.2, 0.25) is 11.8 Å². The van der Waals surface area contributed by atoms with Crippen molar-refractivity contribution in [1.29, 1.82) is 0 Å². The Kier molecular flexibility index (Phi) is 8.54. The molecule has 0 atom stereocenters. The minimum Gasteiger partial charge on any atom is -0.480 e. The molecule has 0 fully saturated rings. The lowest BCUT2D eigenvalue weighted by Crippen LogP contribution is -2.46. The number of carbonyl (C=O) groups is 3. The molecule has 0 radical (unpaired) electrons. The van der Waals surface area contributed by atoms with Crippen molar-refractivity contribution in [2.75, 3.05) is 33.2 Å². The monoisotopic (exact) mass is 287 g/mol. The molecule has 0 rings (SSSR count). The van der Waals surface area contributed by atoms with Gasteiger partial charge in [0.15, 0.2) is 0 Å². The Bertz CT molecular complexity index is 345. The van der Waals surface area contributed by atoms with Crippen LogP contribution >= 0.6 is 0 Å². The summed E-state index contributed by atoms with van der Waals surface area (Å²) in [6.07, 6.45) is 0.836. The second kappa shape index (κ2) is 9.30. The minimum absolute atomic E-state index is 0.0124. The van der Waals surface area contributed by atoms with Gasteiger partial charge in [0.25, 0.3) is 0 Å². The van der Waals surface area contributed by atoms with Crippen molar-refractivity contribution in [3.63, 3.8) is 0 Å². The summed E-state index contributed by atoms with van der Waals surface area (Å²) in [5.74, 6) is -1.46. The molecule has 0 bridgehead atoms. The molecule has 0 aliphatic carbocycles. The molecule has 0 heterocycles. The highest BCUT2D eigenvalue weighted by Crippen LogP contribution is 1.99. The van der Waals surface area contributed by atoms with Crippen molar-refractivity contribution >= 4 is 17.8 Å². The van der Waals surface area contributed by atoms with Crippen LogP contribution in [0.15, 0.2) is 0 Å². The third kappa shape index (κ3) is 7.73. The van der Waals surface area contributed by atoms with Gasteiger partial charge in [0.05, 0.1) is 19.6 Å². The van der Waals surface area contributed by atoms with E-state index in [-0.39, 0.29) is 37.5 Å². The number of carboxylic acid groups (broad SMARTS) is 1. The lowest BCUT2D eigenvalue weighted by Gasteiger charge is -2.26. The van der Waals surface area contributed by atoms with Crippen LogP contribution in [0.2, 0.25) is 0 Å². The molecule has 0 saturated heterocycles. The molecule has 0 spiro atoms. The standard InChI is InChI=1S/C13H25N3O4/c1-5-6-14-11(17)7-15(4)12(18)8-16(10(2)3)9-13(19)20/h10H,5-9H2,1-4H3,(H,14,17)(H,19,20). The zero-order valence-electron chi connectivity index (χ0n) is 12.7. The summed E-state index contributed by atoms with van der Waals surface area (Å²) in [7, 11) is 1.53. The van der Waals surface area contributed by atoms with Crippen molar-refractivity contribution in [2.45, 2.75) is 33.2 Å². The Labute approximate surface area is 119 Å². The fourth-order valence-electron chi connectivity index (χ4n) is 1.51. The lowest BCUT2D eigenvalue weighted by molar-refractivity contribution is -0.141. The van der Waals surface area contributed by atoms with Crippen LogP contribution in [-0.4, -0.2) is 72.0 Å². The molecule has 20 heavy (non-hydrogen) atoms. The van der Waals surface area contributed by atoms with E-state index < -0.39 is 5.97 Å². The van der Waals surface area contributed by atoms with E-state index in [4.69, 9.17) is 5.11 Å². The zero-order chi connectivity index (χ0) is 15.7. The van der Waals surface area contributed by atoms with Crippen LogP contribution in [0, 0.1) is 0 Å². The van der Waals surface area contributed by atoms with Gasteiger partial charge in [-0.25, -0.2) is 0 Å². The SMILES string of the molecule is CCCNC(=O)CN(C)C(=O)CN(CC(=O)O)C(C)C. The third-order valence-corrected chi connectivity index (χ3v) is 2.79. The van der Waals surface area contributed by atoms with E-state index in [1.807, 2.05) is 20.8 Å². The summed E-state index contributed by atoms with van der Waals surface area (Å²) in [6, 6.07) is -0.0580. The summed E-state index contributed by atoms with van der Waals surface area (Å²) in [5, 5.41) is 11.5. The Morgan fingerprint density at radius 1 is 1.15 bits per heavy atom. The van der Waals surface area contributed by atoms with Gasteiger partial charge in [-0.3, -0.25) is 19.3 Å². The number of nitrogens with zero attached hydrogens (tertiary/aromatic N) is 2. The number of hydrogen-bond acceptors (Lipinski definition) is 4. The number of carbonyl (C=O) groups excluding carboxylic acids is 2. The van der Waals surface area contributed by atoms with Crippen molar-refractivity contribution < 1.29 is 19.5 Å². The van der Waals surface area contributed by atoms with Crippen LogP contribution in [0.5, 0.6) is 0 Å². The van der Waals surface area contributed by atoms with Gasteiger partial charge in [-0.1, -0.05) is 6.92 Å². The van der Waals surface area contributed by atoms with E-state index in [0.717, 1.165) is 6.42 Å². The number of hydrogen-bond donors (Lipinski definition) is 2. The molecule has 2 amide bonds. The molecular weight excluding hydrogens is 262 g/mol. The number of aliphatic carboxylic acids is 1. The summed E-state index contributed by atoms with van der Waals surface area (Å²) < 4.78 is 0. The molecule has 0 unspecified atom stereocenters. The summed E-state index contributed by atoms with van der Waals surface area (Å²) in [4.78, 5) is 37.0. The molecule has 2 N–H and O–H groups in total. The van der Waals surface area contributed by atoms with Crippen molar-refractivity contribution in [3.8, 4) is 0 Å². The van der Waals surface area contributed by atoms with Gasteiger partial charge in [0.1, 0.15) is 0 Å². The second-order valence-electron chi connectivity index (χ2n) is 4.99. The first-order valence-electron chi connectivity index (χ1n) is 6.74. The van der Waals surface area contributed by atoms with Gasteiger partial charge in [-0.15, -0.1) is 0 Å². The van der Waals surface area contributed by atoms with Crippen LogP contribution in [0.4, 0.5) is 0 Å². The molecular formula is C13H25N3O4. The van der Waals surface area contributed by atoms with Gasteiger partial charge in [-0.2, -0.15) is 0 Å². The van der Waals surface area contributed by atoms with Crippen LogP contribution in [0.1, 0.15) is 27.2 Å². The zero-order valence-corrected chi connectivity index (χ0v) is 12.7.